The number of ether oxygens (including phenoxy) is 1. The maximum Gasteiger partial charge on any atom is 0.295 e. The van der Waals surface area contributed by atoms with E-state index in [1.807, 2.05) is 51.9 Å². The Bertz CT molecular complexity index is 1060. The van der Waals surface area contributed by atoms with Crippen molar-refractivity contribution in [1.29, 1.82) is 0 Å². The molecule has 7 heteroatoms. The number of aliphatic hydroxyl groups is 1. The fraction of sp³-hybridized carbons (Fsp3) is 0.440. The maximum absolute atomic E-state index is 13.1. The summed E-state index contributed by atoms with van der Waals surface area (Å²) in [5.41, 5.74) is 2.21. The monoisotopic (exact) mass is 440 g/mol. The SMILES string of the molecule is COc1cc(C)c(/C(O)=C2\C(=O)C(=O)N(CCN(C)C)C2c2ccc(C)o2)cc1C(C)C. The van der Waals surface area contributed by atoms with Crippen LogP contribution >= 0.6 is 0 Å². The summed E-state index contributed by atoms with van der Waals surface area (Å²) < 4.78 is 11.3. The molecule has 1 saturated heterocycles. The highest BCUT2D eigenvalue weighted by atomic mass is 16.5. The molecule has 3 rings (SSSR count). The van der Waals surface area contributed by atoms with Gasteiger partial charge in [-0.25, -0.2) is 0 Å². The largest absolute Gasteiger partial charge is 0.507 e. The first-order chi connectivity index (χ1) is 15.1. The van der Waals surface area contributed by atoms with Crippen LogP contribution in [0.25, 0.3) is 5.76 Å². The van der Waals surface area contributed by atoms with Crippen LogP contribution < -0.4 is 4.74 Å². The van der Waals surface area contributed by atoms with E-state index in [1.165, 1.54) is 4.90 Å². The zero-order chi connectivity index (χ0) is 23.7. The number of hydrogen-bond donors (Lipinski definition) is 1. The molecule has 0 spiro atoms. The van der Waals surface area contributed by atoms with E-state index in [1.54, 1.807) is 26.2 Å². The summed E-state index contributed by atoms with van der Waals surface area (Å²) in [6, 6.07) is 6.44. The molecule has 1 fully saturated rings. The number of furan rings is 1. The standard InChI is InChI=1S/C25H32N2O5/c1-14(2)17-13-18(15(3)12-20(17)31-7)23(28)21-22(19-9-8-16(4)32-19)27(11-10-26(5)6)25(30)24(21)29/h8-9,12-14,22,28H,10-11H2,1-7H3/b23-21+. The van der Waals surface area contributed by atoms with Crippen LogP contribution in [0.4, 0.5) is 0 Å². The number of benzene rings is 1. The quantitative estimate of drug-likeness (QED) is 0.398. The first-order valence-corrected chi connectivity index (χ1v) is 10.7. The number of aliphatic hydroxyl groups excluding tert-OH is 1. The number of Topliss-reactive ketones (excluding diaryl/α,β-unsaturated/α-hetero) is 1. The van der Waals surface area contributed by atoms with Gasteiger partial charge in [0.15, 0.2) is 0 Å². The van der Waals surface area contributed by atoms with Crippen molar-refractivity contribution in [2.45, 2.75) is 39.7 Å². The van der Waals surface area contributed by atoms with Gasteiger partial charge >= 0.3 is 0 Å². The lowest BCUT2D eigenvalue weighted by Gasteiger charge is -2.25. The van der Waals surface area contributed by atoms with Crippen molar-refractivity contribution in [2.24, 2.45) is 0 Å². The van der Waals surface area contributed by atoms with E-state index in [4.69, 9.17) is 9.15 Å². The first-order valence-electron chi connectivity index (χ1n) is 10.7. The molecule has 1 aliphatic heterocycles. The van der Waals surface area contributed by atoms with Gasteiger partial charge in [-0.1, -0.05) is 13.8 Å². The van der Waals surface area contributed by atoms with Crippen molar-refractivity contribution in [1.82, 2.24) is 9.80 Å². The Morgan fingerprint density at radius 2 is 1.91 bits per heavy atom. The lowest BCUT2D eigenvalue weighted by Crippen LogP contribution is -2.35. The van der Waals surface area contributed by atoms with Crippen molar-refractivity contribution in [3.63, 3.8) is 0 Å². The smallest absolute Gasteiger partial charge is 0.295 e. The highest BCUT2D eigenvalue weighted by molar-refractivity contribution is 6.46. The molecule has 1 atom stereocenters. The molecule has 1 aliphatic rings. The second-order valence-electron chi connectivity index (χ2n) is 8.81. The Labute approximate surface area is 189 Å². The summed E-state index contributed by atoms with van der Waals surface area (Å²) in [7, 11) is 5.41. The number of methoxy groups -OCH3 is 1. The van der Waals surface area contributed by atoms with Gasteiger partial charge in [0.1, 0.15) is 29.1 Å². The molecule has 2 heterocycles. The third kappa shape index (κ3) is 4.30. The number of ketones is 1. The van der Waals surface area contributed by atoms with Crippen LogP contribution in [0.15, 0.2) is 34.3 Å². The Kier molecular flexibility index (Phi) is 6.79. The number of carbonyl (C=O) groups is 2. The van der Waals surface area contributed by atoms with Crippen molar-refractivity contribution < 1.29 is 23.8 Å². The minimum absolute atomic E-state index is 0.0473. The van der Waals surface area contributed by atoms with Crippen molar-refractivity contribution >= 4 is 17.4 Å². The van der Waals surface area contributed by atoms with Gasteiger partial charge in [0.05, 0.1) is 12.7 Å². The zero-order valence-corrected chi connectivity index (χ0v) is 19.9. The summed E-state index contributed by atoms with van der Waals surface area (Å²) >= 11 is 0. The van der Waals surface area contributed by atoms with Crippen molar-refractivity contribution in [2.75, 3.05) is 34.3 Å². The number of likely N-dealkylation sites (tertiary alicyclic amines) is 1. The lowest BCUT2D eigenvalue weighted by molar-refractivity contribution is -0.140. The second kappa shape index (κ2) is 9.20. The Balaban J connectivity index is 2.21. The molecule has 172 valence electrons. The molecule has 1 unspecified atom stereocenters. The number of rotatable bonds is 7. The Morgan fingerprint density at radius 3 is 2.44 bits per heavy atom. The fourth-order valence-corrected chi connectivity index (χ4v) is 4.04. The van der Waals surface area contributed by atoms with Gasteiger partial charge in [0, 0.05) is 18.7 Å². The van der Waals surface area contributed by atoms with Crippen LogP contribution in [0.5, 0.6) is 5.75 Å². The number of likely N-dealkylation sites (N-methyl/N-ethyl adjacent to an activating group) is 1. The molecule has 1 N–H and O–H groups in total. The molecule has 0 saturated carbocycles. The Hall–Kier alpha value is -3.06. The Morgan fingerprint density at radius 1 is 1.22 bits per heavy atom. The van der Waals surface area contributed by atoms with E-state index < -0.39 is 17.7 Å². The fourth-order valence-electron chi connectivity index (χ4n) is 4.04. The topological polar surface area (TPSA) is 83.2 Å². The van der Waals surface area contributed by atoms with E-state index in [0.29, 0.717) is 30.2 Å². The first kappa shape index (κ1) is 23.6. The average Bonchev–Trinajstić information content (AvgIpc) is 3.26. The normalized spacial score (nSPS) is 18.3. The van der Waals surface area contributed by atoms with E-state index in [-0.39, 0.29) is 17.3 Å². The summed E-state index contributed by atoms with van der Waals surface area (Å²) in [5.74, 6) is 0.445. The van der Waals surface area contributed by atoms with Gasteiger partial charge in [0.2, 0.25) is 0 Å². The van der Waals surface area contributed by atoms with Crippen LogP contribution in [0.1, 0.15) is 54.0 Å². The number of hydrogen-bond acceptors (Lipinski definition) is 6. The predicted molar refractivity (Wildman–Crippen MR) is 123 cm³/mol. The van der Waals surface area contributed by atoms with Gasteiger partial charge in [-0.15, -0.1) is 0 Å². The molecule has 32 heavy (non-hydrogen) atoms. The minimum Gasteiger partial charge on any atom is -0.507 e. The van der Waals surface area contributed by atoms with E-state index in [9.17, 15) is 14.7 Å². The number of aryl methyl sites for hydroxylation is 2. The molecule has 0 aliphatic carbocycles. The summed E-state index contributed by atoms with van der Waals surface area (Å²) in [6.45, 7) is 8.61. The van der Waals surface area contributed by atoms with Gasteiger partial charge in [-0.2, -0.15) is 0 Å². The number of carbonyl (C=O) groups excluding carboxylic acids is 2. The third-order valence-electron chi connectivity index (χ3n) is 5.81. The molecule has 1 amide bonds. The number of amides is 1. The minimum atomic E-state index is -0.785. The number of nitrogens with zero attached hydrogens (tertiary/aromatic N) is 2. The summed E-state index contributed by atoms with van der Waals surface area (Å²) in [6.07, 6.45) is 0. The third-order valence-corrected chi connectivity index (χ3v) is 5.81. The molecule has 0 bridgehead atoms. The van der Waals surface area contributed by atoms with Crippen LogP contribution in [0.2, 0.25) is 0 Å². The van der Waals surface area contributed by atoms with Crippen molar-refractivity contribution in [3.05, 3.63) is 58.0 Å². The molecule has 1 aromatic heterocycles. The molecule has 2 aromatic rings. The highest BCUT2D eigenvalue weighted by Gasteiger charge is 2.47. The molecule has 1 aromatic carbocycles. The average molecular weight is 441 g/mol. The van der Waals surface area contributed by atoms with E-state index >= 15 is 0 Å². The predicted octanol–water partition coefficient (Wildman–Crippen LogP) is 4.01. The van der Waals surface area contributed by atoms with E-state index in [0.717, 1.165) is 16.9 Å². The molecular weight excluding hydrogens is 408 g/mol. The van der Waals surface area contributed by atoms with Crippen LogP contribution in [-0.2, 0) is 9.59 Å². The van der Waals surface area contributed by atoms with Gasteiger partial charge in [-0.3, -0.25) is 9.59 Å². The lowest BCUT2D eigenvalue weighted by atomic mass is 9.92. The van der Waals surface area contributed by atoms with Crippen LogP contribution in [-0.4, -0.2) is 60.9 Å². The van der Waals surface area contributed by atoms with Gasteiger partial charge in [-0.05, 0) is 69.3 Å². The van der Waals surface area contributed by atoms with Gasteiger partial charge in [0.25, 0.3) is 11.7 Å². The molecule has 0 radical (unpaired) electrons. The van der Waals surface area contributed by atoms with E-state index in [2.05, 4.69) is 0 Å². The van der Waals surface area contributed by atoms with Crippen LogP contribution in [0.3, 0.4) is 0 Å². The second-order valence-corrected chi connectivity index (χ2v) is 8.81. The molecule has 7 nitrogen and oxygen atoms in total. The van der Waals surface area contributed by atoms with Gasteiger partial charge < -0.3 is 24.1 Å². The summed E-state index contributed by atoms with van der Waals surface area (Å²) in [4.78, 5) is 29.5. The highest BCUT2D eigenvalue weighted by Crippen LogP contribution is 2.41. The zero-order valence-electron chi connectivity index (χ0n) is 19.9. The molecular formula is C25H32N2O5. The van der Waals surface area contributed by atoms with Crippen molar-refractivity contribution in [3.8, 4) is 5.75 Å². The van der Waals surface area contributed by atoms with Crippen LogP contribution in [0, 0.1) is 13.8 Å². The maximum atomic E-state index is 13.1. The summed E-state index contributed by atoms with van der Waals surface area (Å²) in [5, 5.41) is 11.4.